The van der Waals surface area contributed by atoms with Gasteiger partial charge in [-0.05, 0) is 18.2 Å². The second-order valence-corrected chi connectivity index (χ2v) is 3.70. The first-order valence-corrected chi connectivity index (χ1v) is 4.72. The van der Waals surface area contributed by atoms with Gasteiger partial charge in [0.05, 0.1) is 0 Å². The van der Waals surface area contributed by atoms with Crippen LogP contribution in [0, 0.1) is 5.82 Å². The van der Waals surface area contributed by atoms with Crippen molar-refractivity contribution in [1.82, 2.24) is 5.32 Å². The first-order valence-electron chi connectivity index (χ1n) is 3.92. The molecule has 1 aromatic carbocycles. The minimum absolute atomic E-state index is 0.266. The third kappa shape index (κ3) is 2.67. The van der Waals surface area contributed by atoms with Gasteiger partial charge in [0.2, 0.25) is 5.91 Å². The molecule has 2 nitrogen and oxygen atoms in total. The fourth-order valence-corrected chi connectivity index (χ4v) is 1.35. The molecule has 0 aliphatic carbocycles. The topological polar surface area (TPSA) is 29.1 Å². The van der Waals surface area contributed by atoms with E-state index in [1.54, 1.807) is 12.1 Å². The van der Waals surface area contributed by atoms with Crippen LogP contribution in [0.1, 0.15) is 12.5 Å². The van der Waals surface area contributed by atoms with Crippen LogP contribution in [0.3, 0.4) is 0 Å². The molecule has 0 atom stereocenters. The molecular formula is C10H9BrFNO. The number of hydrogen-bond donors (Lipinski definition) is 1. The highest BCUT2D eigenvalue weighted by Crippen LogP contribution is 2.19. The number of benzene rings is 1. The molecule has 0 aromatic heterocycles. The summed E-state index contributed by atoms with van der Waals surface area (Å²) in [5, 5.41) is 2.43. The normalized spacial score (nSPS) is 9.64. The molecule has 0 saturated carbocycles. The van der Waals surface area contributed by atoms with Gasteiger partial charge >= 0.3 is 0 Å². The molecule has 4 heteroatoms. The molecule has 0 fully saturated rings. The van der Waals surface area contributed by atoms with Crippen molar-refractivity contribution < 1.29 is 9.18 Å². The molecule has 1 N–H and O–H groups in total. The average Bonchev–Trinajstić information content (AvgIpc) is 2.01. The first kappa shape index (κ1) is 10.9. The molecule has 0 saturated heterocycles. The average molecular weight is 258 g/mol. The Morgan fingerprint density at radius 2 is 2.21 bits per heavy atom. The summed E-state index contributed by atoms with van der Waals surface area (Å²) < 4.78 is 14.0. The Kier molecular flexibility index (Phi) is 3.41. The highest BCUT2D eigenvalue weighted by Gasteiger charge is 2.07. The maximum Gasteiger partial charge on any atom is 0.221 e. The van der Waals surface area contributed by atoms with Crippen molar-refractivity contribution in [3.8, 4) is 0 Å². The quantitative estimate of drug-likeness (QED) is 0.868. The first-order chi connectivity index (χ1) is 6.50. The number of amides is 1. The van der Waals surface area contributed by atoms with E-state index in [0.29, 0.717) is 10.0 Å². The molecule has 0 aliphatic heterocycles. The number of carbonyl (C=O) groups is 1. The van der Waals surface area contributed by atoms with Gasteiger partial charge in [0.15, 0.2) is 0 Å². The van der Waals surface area contributed by atoms with Crippen LogP contribution >= 0.6 is 15.9 Å². The van der Waals surface area contributed by atoms with Gasteiger partial charge in [-0.15, -0.1) is 0 Å². The van der Waals surface area contributed by atoms with Crippen LogP contribution in [0.4, 0.5) is 4.39 Å². The van der Waals surface area contributed by atoms with E-state index in [1.807, 2.05) is 0 Å². The molecule has 0 aliphatic rings. The second kappa shape index (κ2) is 4.37. The zero-order valence-corrected chi connectivity index (χ0v) is 9.19. The molecule has 1 aromatic rings. The van der Waals surface area contributed by atoms with Gasteiger partial charge in [-0.1, -0.05) is 22.5 Å². The standard InChI is InChI=1S/C10H9BrFNO/c1-6(13-7(2)14)9-4-3-8(11)5-10(9)12/h3-5H,1H2,2H3,(H,13,14). The molecule has 0 unspecified atom stereocenters. The zero-order chi connectivity index (χ0) is 10.7. The molecular weight excluding hydrogens is 249 g/mol. The van der Waals surface area contributed by atoms with Gasteiger partial charge in [-0.2, -0.15) is 0 Å². The largest absolute Gasteiger partial charge is 0.326 e. The summed E-state index contributed by atoms with van der Waals surface area (Å²) in [7, 11) is 0. The van der Waals surface area contributed by atoms with Gasteiger partial charge in [-0.3, -0.25) is 4.79 Å². The highest BCUT2D eigenvalue weighted by molar-refractivity contribution is 9.10. The molecule has 0 heterocycles. The highest BCUT2D eigenvalue weighted by atomic mass is 79.9. The van der Waals surface area contributed by atoms with Crippen LogP contribution in [0.2, 0.25) is 0 Å². The maximum atomic E-state index is 13.3. The molecule has 0 spiro atoms. The lowest BCUT2D eigenvalue weighted by molar-refractivity contribution is -0.117. The van der Waals surface area contributed by atoms with Crippen molar-refractivity contribution in [2.75, 3.05) is 0 Å². The summed E-state index contributed by atoms with van der Waals surface area (Å²) in [5.41, 5.74) is 0.561. The lowest BCUT2D eigenvalue weighted by Crippen LogP contribution is -2.17. The Balaban J connectivity index is 2.96. The van der Waals surface area contributed by atoms with E-state index in [9.17, 15) is 9.18 Å². The van der Waals surface area contributed by atoms with Crippen molar-refractivity contribution in [2.24, 2.45) is 0 Å². The summed E-state index contributed by atoms with van der Waals surface area (Å²) in [6.45, 7) is 4.92. The van der Waals surface area contributed by atoms with Gasteiger partial charge in [0.1, 0.15) is 5.82 Å². The number of nitrogens with one attached hydrogen (secondary N) is 1. The Morgan fingerprint density at radius 3 is 2.71 bits per heavy atom. The Labute approximate surface area is 89.9 Å². The van der Waals surface area contributed by atoms with E-state index in [-0.39, 0.29) is 11.6 Å². The summed E-state index contributed by atoms with van der Waals surface area (Å²) in [4.78, 5) is 10.7. The van der Waals surface area contributed by atoms with Crippen LogP contribution in [-0.2, 0) is 4.79 Å². The van der Waals surface area contributed by atoms with Gasteiger partial charge in [0.25, 0.3) is 0 Å². The molecule has 0 radical (unpaired) electrons. The van der Waals surface area contributed by atoms with E-state index < -0.39 is 5.82 Å². The molecule has 14 heavy (non-hydrogen) atoms. The van der Waals surface area contributed by atoms with E-state index in [4.69, 9.17) is 0 Å². The predicted molar refractivity (Wildman–Crippen MR) is 57.0 cm³/mol. The molecule has 1 amide bonds. The van der Waals surface area contributed by atoms with Crippen LogP contribution in [-0.4, -0.2) is 5.91 Å². The number of rotatable bonds is 2. The van der Waals surface area contributed by atoms with E-state index in [1.165, 1.54) is 13.0 Å². The Hall–Kier alpha value is -1.16. The Bertz CT molecular complexity index is 390. The SMILES string of the molecule is C=C(NC(C)=O)c1ccc(Br)cc1F. The van der Waals surface area contributed by atoms with Crippen molar-refractivity contribution in [3.63, 3.8) is 0 Å². The van der Waals surface area contributed by atoms with Crippen molar-refractivity contribution in [2.45, 2.75) is 6.92 Å². The van der Waals surface area contributed by atoms with Crippen molar-refractivity contribution in [1.29, 1.82) is 0 Å². The van der Waals surface area contributed by atoms with Gasteiger partial charge in [0, 0.05) is 22.7 Å². The van der Waals surface area contributed by atoms with Crippen LogP contribution in [0.5, 0.6) is 0 Å². The summed E-state index contributed by atoms with van der Waals surface area (Å²) in [5.74, 6) is -0.685. The lowest BCUT2D eigenvalue weighted by atomic mass is 10.1. The van der Waals surface area contributed by atoms with Crippen molar-refractivity contribution in [3.05, 3.63) is 40.6 Å². The Morgan fingerprint density at radius 1 is 1.57 bits per heavy atom. The third-order valence-corrected chi connectivity index (χ3v) is 2.08. The fourth-order valence-electron chi connectivity index (χ4n) is 1.01. The van der Waals surface area contributed by atoms with Crippen LogP contribution in [0.15, 0.2) is 29.3 Å². The minimum Gasteiger partial charge on any atom is -0.326 e. The number of carbonyl (C=O) groups excluding carboxylic acids is 1. The molecule has 1 rings (SSSR count). The van der Waals surface area contributed by atoms with E-state index >= 15 is 0 Å². The second-order valence-electron chi connectivity index (χ2n) is 2.78. The van der Waals surface area contributed by atoms with E-state index in [2.05, 4.69) is 27.8 Å². The number of halogens is 2. The molecule has 74 valence electrons. The predicted octanol–water partition coefficient (Wildman–Crippen LogP) is 2.70. The summed E-state index contributed by atoms with van der Waals surface area (Å²) in [6, 6.07) is 4.56. The van der Waals surface area contributed by atoms with E-state index in [0.717, 1.165) is 0 Å². The zero-order valence-electron chi connectivity index (χ0n) is 7.60. The third-order valence-electron chi connectivity index (χ3n) is 1.58. The van der Waals surface area contributed by atoms with Crippen LogP contribution < -0.4 is 5.32 Å². The lowest BCUT2D eigenvalue weighted by Gasteiger charge is -2.07. The van der Waals surface area contributed by atoms with Gasteiger partial charge in [-0.25, -0.2) is 4.39 Å². The monoisotopic (exact) mass is 257 g/mol. The summed E-state index contributed by atoms with van der Waals surface area (Å²) in [6.07, 6.45) is 0. The molecule has 0 bridgehead atoms. The minimum atomic E-state index is -0.418. The summed E-state index contributed by atoms with van der Waals surface area (Å²) >= 11 is 3.14. The number of hydrogen-bond acceptors (Lipinski definition) is 1. The van der Waals surface area contributed by atoms with Crippen molar-refractivity contribution >= 4 is 27.5 Å². The smallest absolute Gasteiger partial charge is 0.221 e. The fraction of sp³-hybridized carbons (Fsp3) is 0.100. The van der Waals surface area contributed by atoms with Crippen LogP contribution in [0.25, 0.3) is 5.70 Å². The maximum absolute atomic E-state index is 13.3. The van der Waals surface area contributed by atoms with Gasteiger partial charge < -0.3 is 5.32 Å².